The molecule has 1 heterocycles. The normalized spacial score (nSPS) is 20.2. The fourth-order valence-corrected chi connectivity index (χ4v) is 1.63. The van der Waals surface area contributed by atoms with Gasteiger partial charge in [-0.05, 0) is 19.8 Å². The minimum Gasteiger partial charge on any atom is -0.481 e. The van der Waals surface area contributed by atoms with Gasteiger partial charge in [-0.15, -0.1) is 0 Å². The van der Waals surface area contributed by atoms with Crippen LogP contribution in [0.4, 0.5) is 0 Å². The highest BCUT2D eigenvalue weighted by molar-refractivity contribution is 5.81. The van der Waals surface area contributed by atoms with Gasteiger partial charge in [-0.1, -0.05) is 0 Å². The topological polar surface area (TPSA) is 66.8 Å². The molecule has 1 amide bonds. The lowest BCUT2D eigenvalue weighted by Gasteiger charge is -2.22. The van der Waals surface area contributed by atoms with E-state index in [1.807, 2.05) is 6.92 Å². The van der Waals surface area contributed by atoms with Gasteiger partial charge in [-0.25, -0.2) is 0 Å². The van der Waals surface area contributed by atoms with Gasteiger partial charge in [0.25, 0.3) is 5.91 Å². The summed E-state index contributed by atoms with van der Waals surface area (Å²) in [4.78, 5) is 23.7. The van der Waals surface area contributed by atoms with Crippen molar-refractivity contribution in [2.24, 2.45) is 0 Å². The van der Waals surface area contributed by atoms with Crippen LogP contribution in [0.25, 0.3) is 0 Å². The first kappa shape index (κ1) is 12.0. The van der Waals surface area contributed by atoms with Crippen LogP contribution in [-0.4, -0.2) is 47.7 Å². The first-order valence-corrected chi connectivity index (χ1v) is 5.27. The van der Waals surface area contributed by atoms with Crippen molar-refractivity contribution in [1.29, 1.82) is 0 Å². The van der Waals surface area contributed by atoms with Crippen molar-refractivity contribution >= 4 is 11.9 Å². The Morgan fingerprint density at radius 1 is 1.53 bits per heavy atom. The van der Waals surface area contributed by atoms with Crippen molar-refractivity contribution in [3.05, 3.63) is 0 Å². The Labute approximate surface area is 89.0 Å². The minimum atomic E-state index is -0.881. The van der Waals surface area contributed by atoms with Crippen LogP contribution in [-0.2, 0) is 14.3 Å². The second-order valence-electron chi connectivity index (χ2n) is 3.56. The van der Waals surface area contributed by atoms with Gasteiger partial charge >= 0.3 is 5.97 Å². The maximum atomic E-state index is 11.8. The molecular weight excluding hydrogens is 198 g/mol. The van der Waals surface area contributed by atoms with Gasteiger partial charge < -0.3 is 14.7 Å². The Hall–Kier alpha value is -1.10. The number of amides is 1. The molecule has 0 aromatic carbocycles. The second kappa shape index (κ2) is 5.70. The first-order valence-electron chi connectivity index (χ1n) is 5.27. The predicted molar refractivity (Wildman–Crippen MR) is 53.5 cm³/mol. The Kier molecular flexibility index (Phi) is 4.55. The van der Waals surface area contributed by atoms with E-state index in [-0.39, 0.29) is 25.0 Å². The fourth-order valence-electron chi connectivity index (χ4n) is 1.63. The van der Waals surface area contributed by atoms with Gasteiger partial charge in [-0.3, -0.25) is 9.59 Å². The lowest BCUT2D eigenvalue weighted by molar-refractivity contribution is -0.142. The number of carbonyl (C=O) groups excluding carboxylic acids is 1. The third-order valence-electron chi connectivity index (χ3n) is 2.49. The molecule has 86 valence electrons. The minimum absolute atomic E-state index is 0.00764. The lowest BCUT2D eigenvalue weighted by atomic mass is 10.2. The molecule has 1 rings (SSSR count). The van der Waals surface area contributed by atoms with E-state index < -0.39 is 5.97 Å². The zero-order chi connectivity index (χ0) is 11.3. The zero-order valence-corrected chi connectivity index (χ0v) is 8.94. The molecule has 15 heavy (non-hydrogen) atoms. The molecule has 0 radical (unpaired) electrons. The van der Waals surface area contributed by atoms with Gasteiger partial charge in [-0.2, -0.15) is 0 Å². The molecule has 1 aliphatic heterocycles. The van der Waals surface area contributed by atoms with Crippen LogP contribution in [0.1, 0.15) is 26.2 Å². The molecule has 1 fully saturated rings. The molecule has 1 saturated heterocycles. The van der Waals surface area contributed by atoms with Crippen molar-refractivity contribution < 1.29 is 19.4 Å². The quantitative estimate of drug-likeness (QED) is 0.724. The number of likely N-dealkylation sites (N-methyl/N-ethyl adjacent to an activating group) is 1. The molecule has 0 spiro atoms. The standard InChI is InChI=1S/C10H17NO4/c1-2-11(6-5-9(12)13)10(14)8-4-3-7-15-8/h8H,2-7H2,1H3,(H,12,13)/t8-/m0/s1. The highest BCUT2D eigenvalue weighted by Crippen LogP contribution is 2.14. The average Bonchev–Trinajstić information content (AvgIpc) is 2.70. The Morgan fingerprint density at radius 3 is 2.73 bits per heavy atom. The summed E-state index contributed by atoms with van der Waals surface area (Å²) in [5, 5.41) is 8.54. The predicted octanol–water partition coefficient (Wildman–Crippen LogP) is 0.489. The summed E-state index contributed by atoms with van der Waals surface area (Å²) in [6, 6.07) is 0. The molecule has 0 aliphatic carbocycles. The molecule has 0 aromatic heterocycles. The van der Waals surface area contributed by atoms with Crippen LogP contribution >= 0.6 is 0 Å². The molecular formula is C10H17NO4. The summed E-state index contributed by atoms with van der Waals surface area (Å²) in [5.74, 6) is -0.954. The Balaban J connectivity index is 2.42. The summed E-state index contributed by atoms with van der Waals surface area (Å²) in [5.41, 5.74) is 0. The van der Waals surface area contributed by atoms with Crippen LogP contribution in [0.15, 0.2) is 0 Å². The fraction of sp³-hybridized carbons (Fsp3) is 0.800. The maximum absolute atomic E-state index is 11.8. The van der Waals surface area contributed by atoms with Gasteiger partial charge in [0.1, 0.15) is 6.10 Å². The van der Waals surface area contributed by atoms with Gasteiger partial charge in [0.05, 0.1) is 6.42 Å². The molecule has 0 bridgehead atoms. The molecule has 1 atom stereocenters. The first-order chi connectivity index (χ1) is 7.15. The van der Waals surface area contributed by atoms with Crippen molar-refractivity contribution in [2.45, 2.75) is 32.3 Å². The molecule has 0 saturated carbocycles. The van der Waals surface area contributed by atoms with Crippen molar-refractivity contribution in [2.75, 3.05) is 19.7 Å². The summed E-state index contributed by atoms with van der Waals surface area (Å²) in [6.45, 7) is 3.28. The number of carboxylic acids is 1. The summed E-state index contributed by atoms with van der Waals surface area (Å²) in [7, 11) is 0. The average molecular weight is 215 g/mol. The molecule has 5 heteroatoms. The monoisotopic (exact) mass is 215 g/mol. The van der Waals surface area contributed by atoms with E-state index in [1.165, 1.54) is 0 Å². The van der Waals surface area contributed by atoms with Crippen LogP contribution in [0.3, 0.4) is 0 Å². The highest BCUT2D eigenvalue weighted by atomic mass is 16.5. The van der Waals surface area contributed by atoms with Gasteiger partial charge in [0, 0.05) is 19.7 Å². The van der Waals surface area contributed by atoms with Crippen LogP contribution in [0.5, 0.6) is 0 Å². The maximum Gasteiger partial charge on any atom is 0.305 e. The van der Waals surface area contributed by atoms with Gasteiger partial charge in [0.2, 0.25) is 0 Å². The number of hydrogen-bond acceptors (Lipinski definition) is 3. The van der Waals surface area contributed by atoms with Crippen LogP contribution in [0, 0.1) is 0 Å². The summed E-state index contributed by atoms with van der Waals surface area (Å²) < 4.78 is 5.27. The van der Waals surface area contributed by atoms with E-state index in [2.05, 4.69) is 0 Å². The Morgan fingerprint density at radius 2 is 2.27 bits per heavy atom. The number of carbonyl (C=O) groups is 2. The van der Waals surface area contributed by atoms with E-state index in [9.17, 15) is 9.59 Å². The number of ether oxygens (including phenoxy) is 1. The SMILES string of the molecule is CCN(CCC(=O)O)C(=O)[C@@H]1CCCO1. The number of carboxylic acid groups (broad SMARTS) is 1. The molecule has 5 nitrogen and oxygen atoms in total. The van der Waals surface area contributed by atoms with Crippen LogP contribution < -0.4 is 0 Å². The van der Waals surface area contributed by atoms with E-state index in [0.29, 0.717) is 13.2 Å². The van der Waals surface area contributed by atoms with Crippen molar-refractivity contribution in [1.82, 2.24) is 4.90 Å². The lowest BCUT2D eigenvalue weighted by Crippen LogP contribution is -2.39. The van der Waals surface area contributed by atoms with E-state index in [0.717, 1.165) is 12.8 Å². The van der Waals surface area contributed by atoms with E-state index in [4.69, 9.17) is 9.84 Å². The summed E-state index contributed by atoms with van der Waals surface area (Å²) >= 11 is 0. The molecule has 0 unspecified atom stereocenters. The molecule has 1 N–H and O–H groups in total. The second-order valence-corrected chi connectivity index (χ2v) is 3.56. The number of aliphatic carboxylic acids is 1. The largest absolute Gasteiger partial charge is 0.481 e. The van der Waals surface area contributed by atoms with Crippen molar-refractivity contribution in [3.8, 4) is 0 Å². The number of rotatable bonds is 5. The Bertz CT molecular complexity index is 236. The third-order valence-corrected chi connectivity index (χ3v) is 2.49. The van der Waals surface area contributed by atoms with Crippen molar-refractivity contribution in [3.63, 3.8) is 0 Å². The number of nitrogens with zero attached hydrogens (tertiary/aromatic N) is 1. The van der Waals surface area contributed by atoms with Crippen LogP contribution in [0.2, 0.25) is 0 Å². The molecule has 0 aromatic rings. The smallest absolute Gasteiger partial charge is 0.305 e. The third kappa shape index (κ3) is 3.51. The summed E-state index contributed by atoms with van der Waals surface area (Å²) in [6.07, 6.45) is 1.31. The number of hydrogen-bond donors (Lipinski definition) is 1. The van der Waals surface area contributed by atoms with E-state index >= 15 is 0 Å². The van der Waals surface area contributed by atoms with Gasteiger partial charge in [0.15, 0.2) is 0 Å². The van der Waals surface area contributed by atoms with E-state index in [1.54, 1.807) is 4.90 Å². The highest BCUT2D eigenvalue weighted by Gasteiger charge is 2.27. The zero-order valence-electron chi connectivity index (χ0n) is 8.94. The molecule has 1 aliphatic rings.